The van der Waals surface area contributed by atoms with E-state index >= 15 is 0 Å². The molecule has 6 nitrogen and oxygen atoms in total. The summed E-state index contributed by atoms with van der Waals surface area (Å²) in [5.41, 5.74) is 2.46. The van der Waals surface area contributed by atoms with E-state index in [9.17, 15) is 13.2 Å². The van der Waals surface area contributed by atoms with Crippen molar-refractivity contribution in [3.05, 3.63) is 47.2 Å². The van der Waals surface area contributed by atoms with E-state index in [4.69, 9.17) is 16.3 Å². The molecule has 25 heavy (non-hydrogen) atoms. The van der Waals surface area contributed by atoms with Crippen LogP contribution in [0.5, 0.6) is 0 Å². The summed E-state index contributed by atoms with van der Waals surface area (Å²) in [6, 6.07) is 10.0. The van der Waals surface area contributed by atoms with Crippen LogP contribution in [0.25, 0.3) is 22.2 Å². The molecule has 2 aromatic heterocycles. The molecular weight excluding hydrogens is 364 g/mol. The molecule has 0 radical (unpaired) electrons. The fourth-order valence-electron chi connectivity index (χ4n) is 2.70. The first-order valence-electron chi connectivity index (χ1n) is 7.27. The third-order valence-corrected chi connectivity index (χ3v) is 5.29. The lowest BCUT2D eigenvalue weighted by atomic mass is 10.1. The lowest BCUT2D eigenvalue weighted by Gasteiger charge is -2.06. The van der Waals surface area contributed by atoms with Crippen LogP contribution in [0.4, 0.5) is 0 Å². The Bertz CT molecular complexity index is 1090. The summed E-state index contributed by atoms with van der Waals surface area (Å²) in [7, 11) is -0.144. The van der Waals surface area contributed by atoms with Gasteiger partial charge in [-0.2, -0.15) is 0 Å². The van der Waals surface area contributed by atoms with E-state index in [1.54, 1.807) is 36.4 Å². The number of halogens is 1. The van der Waals surface area contributed by atoms with Crippen LogP contribution in [0.15, 0.2) is 41.3 Å². The average Bonchev–Trinajstić information content (AvgIpc) is 2.90. The molecule has 0 aliphatic carbocycles. The highest BCUT2D eigenvalue weighted by atomic mass is 35.5. The van der Waals surface area contributed by atoms with Gasteiger partial charge in [-0.05, 0) is 29.8 Å². The quantitative estimate of drug-likeness (QED) is 0.517. The number of methoxy groups -OCH3 is 1. The molecule has 2 heterocycles. The lowest BCUT2D eigenvalue weighted by molar-refractivity contribution is 0.0596. The normalized spacial score (nSPS) is 11.7. The topological polar surface area (TPSA) is 78.3 Å². The maximum absolute atomic E-state index is 12.0. The summed E-state index contributed by atoms with van der Waals surface area (Å²) >= 11 is 6.02. The zero-order valence-corrected chi connectivity index (χ0v) is 15.4. The van der Waals surface area contributed by atoms with E-state index in [1.165, 1.54) is 7.11 Å². The predicted octanol–water partition coefficient (Wildman–Crippen LogP) is 3.08. The van der Waals surface area contributed by atoms with Gasteiger partial charge in [0.1, 0.15) is 5.15 Å². The van der Waals surface area contributed by atoms with Crippen molar-refractivity contribution >= 4 is 38.3 Å². The minimum absolute atomic E-state index is 0.139. The number of benzene rings is 1. The molecule has 0 saturated heterocycles. The number of esters is 1. The van der Waals surface area contributed by atoms with Crippen LogP contribution in [0.1, 0.15) is 10.5 Å². The van der Waals surface area contributed by atoms with Gasteiger partial charge in [0.05, 0.1) is 17.5 Å². The molecule has 1 aromatic carbocycles. The highest BCUT2D eigenvalue weighted by Gasteiger charge is 2.19. The van der Waals surface area contributed by atoms with Gasteiger partial charge in [0.15, 0.2) is 15.5 Å². The molecule has 130 valence electrons. The highest BCUT2D eigenvalue weighted by molar-refractivity contribution is 7.90. The summed E-state index contributed by atoms with van der Waals surface area (Å²) < 4.78 is 29.8. The zero-order chi connectivity index (χ0) is 18.4. The second-order valence-electron chi connectivity index (χ2n) is 5.60. The number of carbonyl (C=O) groups excluding carboxylic acids is 1. The molecule has 0 saturated carbocycles. The number of ether oxygens (including phenoxy) is 1. The number of hydrogen-bond acceptors (Lipinski definition) is 5. The molecule has 0 atom stereocenters. The first-order chi connectivity index (χ1) is 11.7. The fraction of sp³-hybridized carbons (Fsp3) is 0.176. The van der Waals surface area contributed by atoms with Crippen molar-refractivity contribution < 1.29 is 17.9 Å². The highest BCUT2D eigenvalue weighted by Crippen LogP contribution is 2.31. The van der Waals surface area contributed by atoms with Crippen LogP contribution in [-0.4, -0.2) is 37.3 Å². The molecule has 8 heteroatoms. The van der Waals surface area contributed by atoms with E-state index in [1.807, 2.05) is 11.6 Å². The standard InChI is InChI=1S/C17H15ClN2O4S/c1-20-13(10-4-6-11(7-5-10)25(3,22)23)8-12-14(20)9-15(18)19-16(12)17(21)24-2/h4-9H,1-3H3. The molecule has 0 aliphatic rings. The van der Waals surface area contributed by atoms with Crippen LogP contribution in [0.2, 0.25) is 5.15 Å². The van der Waals surface area contributed by atoms with Crippen LogP contribution < -0.4 is 0 Å². The van der Waals surface area contributed by atoms with Gasteiger partial charge in [0.25, 0.3) is 0 Å². The van der Waals surface area contributed by atoms with Gasteiger partial charge in [-0.15, -0.1) is 0 Å². The number of aryl methyl sites for hydroxylation is 1. The van der Waals surface area contributed by atoms with Crippen molar-refractivity contribution in [2.24, 2.45) is 7.05 Å². The zero-order valence-electron chi connectivity index (χ0n) is 13.8. The van der Waals surface area contributed by atoms with Crippen molar-refractivity contribution in [1.82, 2.24) is 9.55 Å². The summed E-state index contributed by atoms with van der Waals surface area (Å²) in [6.07, 6.45) is 1.16. The number of pyridine rings is 1. The van der Waals surface area contributed by atoms with Crippen molar-refractivity contribution in [3.63, 3.8) is 0 Å². The van der Waals surface area contributed by atoms with Gasteiger partial charge in [-0.25, -0.2) is 18.2 Å². The lowest BCUT2D eigenvalue weighted by Crippen LogP contribution is -2.05. The second kappa shape index (κ2) is 6.16. The van der Waals surface area contributed by atoms with E-state index in [2.05, 4.69) is 4.98 Å². The van der Waals surface area contributed by atoms with Gasteiger partial charge in [0.2, 0.25) is 0 Å². The number of carbonyl (C=O) groups is 1. The van der Waals surface area contributed by atoms with E-state index in [0.717, 1.165) is 23.0 Å². The Labute approximate surface area is 149 Å². The third-order valence-electron chi connectivity index (χ3n) is 3.97. The first-order valence-corrected chi connectivity index (χ1v) is 9.54. The largest absolute Gasteiger partial charge is 0.464 e. The van der Waals surface area contributed by atoms with Gasteiger partial charge in [0, 0.05) is 24.4 Å². The molecule has 0 aliphatic heterocycles. The number of fused-ring (bicyclic) bond motifs is 1. The predicted molar refractivity (Wildman–Crippen MR) is 95.6 cm³/mol. The van der Waals surface area contributed by atoms with E-state index < -0.39 is 15.8 Å². The second-order valence-corrected chi connectivity index (χ2v) is 8.01. The molecule has 0 amide bonds. The maximum atomic E-state index is 12.0. The van der Waals surface area contributed by atoms with Crippen molar-refractivity contribution in [2.45, 2.75) is 4.90 Å². The Hall–Kier alpha value is -2.38. The third kappa shape index (κ3) is 3.12. The Morgan fingerprint density at radius 2 is 1.84 bits per heavy atom. The molecule has 3 rings (SSSR count). The summed E-state index contributed by atoms with van der Waals surface area (Å²) in [6.45, 7) is 0. The Morgan fingerprint density at radius 1 is 1.20 bits per heavy atom. The van der Waals surface area contributed by atoms with Crippen LogP contribution >= 0.6 is 11.6 Å². The monoisotopic (exact) mass is 378 g/mol. The number of rotatable bonds is 3. The van der Waals surface area contributed by atoms with Crippen molar-refractivity contribution in [1.29, 1.82) is 0 Å². The summed E-state index contributed by atoms with van der Waals surface area (Å²) in [5.74, 6) is -0.572. The first kappa shape index (κ1) is 17.4. The molecule has 0 bridgehead atoms. The van der Waals surface area contributed by atoms with Gasteiger partial charge in [-0.3, -0.25) is 0 Å². The molecule has 0 unspecified atom stereocenters. The van der Waals surface area contributed by atoms with Crippen molar-refractivity contribution in [3.8, 4) is 11.3 Å². The van der Waals surface area contributed by atoms with Crippen LogP contribution in [0.3, 0.4) is 0 Å². The molecule has 0 spiro atoms. The SMILES string of the molecule is COC(=O)c1nc(Cl)cc2c1cc(-c1ccc(S(C)(=O)=O)cc1)n2C. The minimum Gasteiger partial charge on any atom is -0.464 e. The summed E-state index contributed by atoms with van der Waals surface area (Å²) in [4.78, 5) is 16.3. The maximum Gasteiger partial charge on any atom is 0.357 e. The van der Waals surface area contributed by atoms with E-state index in [-0.39, 0.29) is 15.7 Å². The Morgan fingerprint density at radius 3 is 2.40 bits per heavy atom. The molecule has 3 aromatic rings. The average molecular weight is 379 g/mol. The molecule has 0 N–H and O–H groups in total. The van der Waals surface area contributed by atoms with Crippen molar-refractivity contribution in [2.75, 3.05) is 13.4 Å². The number of nitrogens with zero attached hydrogens (tertiary/aromatic N) is 2. The number of aromatic nitrogens is 2. The van der Waals surface area contributed by atoms with Gasteiger partial charge >= 0.3 is 5.97 Å². The fourth-order valence-corrected chi connectivity index (χ4v) is 3.51. The van der Waals surface area contributed by atoms with Gasteiger partial charge in [-0.1, -0.05) is 23.7 Å². The molecule has 0 fully saturated rings. The van der Waals surface area contributed by atoms with Gasteiger partial charge < -0.3 is 9.30 Å². The minimum atomic E-state index is -3.26. The Balaban J connectivity index is 2.21. The smallest absolute Gasteiger partial charge is 0.357 e. The Kier molecular flexibility index (Phi) is 4.30. The van der Waals surface area contributed by atoms with E-state index in [0.29, 0.717) is 5.39 Å². The number of hydrogen-bond donors (Lipinski definition) is 0. The summed E-state index contributed by atoms with van der Waals surface area (Å²) in [5, 5.41) is 0.800. The number of sulfone groups is 1. The van der Waals surface area contributed by atoms with Crippen LogP contribution in [-0.2, 0) is 21.6 Å². The van der Waals surface area contributed by atoms with Crippen LogP contribution in [0, 0.1) is 0 Å². The molecular formula is C17H15ClN2O4S.